The maximum absolute atomic E-state index is 9.13. The quantitative estimate of drug-likeness (QED) is 0.811. The molecule has 1 aliphatic rings. The maximum atomic E-state index is 9.13. The van der Waals surface area contributed by atoms with Gasteiger partial charge in [0.15, 0.2) is 12.6 Å². The van der Waals surface area contributed by atoms with Gasteiger partial charge < -0.3 is 19.3 Å². The summed E-state index contributed by atoms with van der Waals surface area (Å²) in [6.45, 7) is 2.77. The van der Waals surface area contributed by atoms with Gasteiger partial charge in [0.1, 0.15) is 5.75 Å². The standard InChI is InChI=1S/C13H19NO4/c1-10(15)18-12-6-11(7-14-8-12)9-17-13-4-2-3-5-16-13/h6-8,10,13,15H,2-5,9H2,1H3. The highest BCUT2D eigenvalue weighted by atomic mass is 16.7. The van der Waals surface area contributed by atoms with Gasteiger partial charge in [-0.15, -0.1) is 0 Å². The fourth-order valence-electron chi connectivity index (χ4n) is 1.84. The summed E-state index contributed by atoms with van der Waals surface area (Å²) < 4.78 is 16.3. The predicted octanol–water partition coefficient (Wildman–Crippen LogP) is 1.84. The second kappa shape index (κ2) is 6.68. The number of rotatable bonds is 5. The number of hydrogen-bond acceptors (Lipinski definition) is 5. The van der Waals surface area contributed by atoms with Gasteiger partial charge in [0, 0.05) is 12.8 Å². The van der Waals surface area contributed by atoms with Crippen molar-refractivity contribution in [3.8, 4) is 5.75 Å². The molecular formula is C13H19NO4. The van der Waals surface area contributed by atoms with E-state index in [1.807, 2.05) is 6.07 Å². The lowest BCUT2D eigenvalue weighted by Crippen LogP contribution is -2.22. The first-order valence-electron chi connectivity index (χ1n) is 6.26. The molecule has 1 N–H and O–H groups in total. The molecule has 100 valence electrons. The van der Waals surface area contributed by atoms with Crippen molar-refractivity contribution in [3.63, 3.8) is 0 Å². The molecule has 0 spiro atoms. The van der Waals surface area contributed by atoms with Crippen molar-refractivity contribution in [2.75, 3.05) is 6.61 Å². The van der Waals surface area contributed by atoms with E-state index in [4.69, 9.17) is 19.3 Å². The van der Waals surface area contributed by atoms with Crippen molar-refractivity contribution >= 4 is 0 Å². The van der Waals surface area contributed by atoms with Crippen molar-refractivity contribution in [1.82, 2.24) is 4.98 Å². The molecule has 1 saturated heterocycles. The molecule has 18 heavy (non-hydrogen) atoms. The van der Waals surface area contributed by atoms with Crippen LogP contribution in [0.5, 0.6) is 5.75 Å². The van der Waals surface area contributed by atoms with E-state index in [0.29, 0.717) is 12.4 Å². The van der Waals surface area contributed by atoms with Crippen LogP contribution in [0.2, 0.25) is 0 Å². The fraction of sp³-hybridized carbons (Fsp3) is 0.615. The summed E-state index contributed by atoms with van der Waals surface area (Å²) in [4.78, 5) is 4.04. The molecule has 1 fully saturated rings. The van der Waals surface area contributed by atoms with E-state index in [9.17, 15) is 0 Å². The van der Waals surface area contributed by atoms with Crippen LogP contribution in [0.4, 0.5) is 0 Å². The Morgan fingerprint density at radius 1 is 1.50 bits per heavy atom. The Morgan fingerprint density at radius 3 is 3.11 bits per heavy atom. The van der Waals surface area contributed by atoms with Gasteiger partial charge in [-0.2, -0.15) is 0 Å². The molecule has 0 amide bonds. The Hall–Kier alpha value is -1.17. The first-order valence-corrected chi connectivity index (χ1v) is 6.26. The molecule has 0 bridgehead atoms. The molecule has 0 saturated carbocycles. The van der Waals surface area contributed by atoms with Gasteiger partial charge in [0.2, 0.25) is 0 Å². The minimum atomic E-state index is -0.843. The van der Waals surface area contributed by atoms with Gasteiger partial charge in [-0.3, -0.25) is 4.98 Å². The van der Waals surface area contributed by atoms with Crippen LogP contribution in [0, 0.1) is 0 Å². The third kappa shape index (κ3) is 4.25. The highest BCUT2D eigenvalue weighted by Gasteiger charge is 2.14. The number of nitrogens with zero attached hydrogens (tertiary/aromatic N) is 1. The van der Waals surface area contributed by atoms with E-state index in [2.05, 4.69) is 4.98 Å². The van der Waals surface area contributed by atoms with Crippen LogP contribution in [0.1, 0.15) is 31.7 Å². The normalized spacial score (nSPS) is 21.6. The summed E-state index contributed by atoms with van der Waals surface area (Å²) in [6, 6.07) is 1.81. The molecule has 1 aliphatic heterocycles. The zero-order chi connectivity index (χ0) is 12.8. The highest BCUT2D eigenvalue weighted by molar-refractivity contribution is 5.23. The Bertz CT molecular complexity index is 364. The van der Waals surface area contributed by atoms with E-state index in [0.717, 1.165) is 31.4 Å². The van der Waals surface area contributed by atoms with E-state index >= 15 is 0 Å². The number of aliphatic hydroxyl groups is 1. The smallest absolute Gasteiger partial charge is 0.194 e. The molecule has 0 radical (unpaired) electrons. The van der Waals surface area contributed by atoms with Gasteiger partial charge in [-0.1, -0.05) is 0 Å². The third-order valence-electron chi connectivity index (χ3n) is 2.65. The minimum Gasteiger partial charge on any atom is -0.464 e. The van der Waals surface area contributed by atoms with Gasteiger partial charge in [0.25, 0.3) is 0 Å². The summed E-state index contributed by atoms with van der Waals surface area (Å²) in [5, 5.41) is 9.13. The molecule has 2 rings (SSSR count). The largest absolute Gasteiger partial charge is 0.464 e. The molecule has 1 aromatic rings. The summed E-state index contributed by atoms with van der Waals surface area (Å²) in [5.41, 5.74) is 0.905. The number of ether oxygens (including phenoxy) is 3. The number of hydrogen-bond donors (Lipinski definition) is 1. The van der Waals surface area contributed by atoms with Crippen molar-refractivity contribution in [2.45, 2.75) is 45.4 Å². The van der Waals surface area contributed by atoms with Crippen LogP contribution in [-0.2, 0) is 16.1 Å². The topological polar surface area (TPSA) is 60.8 Å². The van der Waals surface area contributed by atoms with Crippen LogP contribution in [0.3, 0.4) is 0 Å². The summed E-state index contributed by atoms with van der Waals surface area (Å²) in [6.07, 6.45) is 5.53. The van der Waals surface area contributed by atoms with Gasteiger partial charge in [-0.25, -0.2) is 0 Å². The minimum absolute atomic E-state index is 0.111. The Morgan fingerprint density at radius 2 is 2.39 bits per heavy atom. The van der Waals surface area contributed by atoms with Gasteiger partial charge in [-0.05, 0) is 37.8 Å². The molecule has 2 atom stereocenters. The van der Waals surface area contributed by atoms with Crippen LogP contribution in [0.25, 0.3) is 0 Å². The second-order valence-corrected chi connectivity index (χ2v) is 4.35. The average Bonchev–Trinajstić information content (AvgIpc) is 2.37. The molecule has 2 heterocycles. The molecule has 5 nitrogen and oxygen atoms in total. The molecule has 5 heteroatoms. The van der Waals surface area contributed by atoms with Crippen LogP contribution >= 0.6 is 0 Å². The summed E-state index contributed by atoms with van der Waals surface area (Å²) in [7, 11) is 0. The first kappa shape index (κ1) is 13.3. The molecule has 2 unspecified atom stereocenters. The summed E-state index contributed by atoms with van der Waals surface area (Å²) >= 11 is 0. The Balaban J connectivity index is 1.84. The third-order valence-corrected chi connectivity index (χ3v) is 2.65. The zero-order valence-electron chi connectivity index (χ0n) is 10.5. The van der Waals surface area contributed by atoms with Crippen molar-refractivity contribution < 1.29 is 19.3 Å². The highest BCUT2D eigenvalue weighted by Crippen LogP contribution is 2.17. The monoisotopic (exact) mass is 253 g/mol. The fourth-order valence-corrected chi connectivity index (χ4v) is 1.84. The van der Waals surface area contributed by atoms with E-state index in [1.54, 1.807) is 19.3 Å². The van der Waals surface area contributed by atoms with Crippen LogP contribution in [0.15, 0.2) is 18.5 Å². The predicted molar refractivity (Wildman–Crippen MR) is 64.9 cm³/mol. The maximum Gasteiger partial charge on any atom is 0.194 e. The zero-order valence-corrected chi connectivity index (χ0v) is 10.5. The van der Waals surface area contributed by atoms with E-state index in [1.165, 1.54) is 0 Å². The van der Waals surface area contributed by atoms with Gasteiger partial charge >= 0.3 is 0 Å². The van der Waals surface area contributed by atoms with Crippen molar-refractivity contribution in [3.05, 3.63) is 24.0 Å². The van der Waals surface area contributed by atoms with Crippen molar-refractivity contribution in [2.24, 2.45) is 0 Å². The lowest BCUT2D eigenvalue weighted by Gasteiger charge is -2.22. The second-order valence-electron chi connectivity index (χ2n) is 4.35. The van der Waals surface area contributed by atoms with Crippen LogP contribution < -0.4 is 4.74 Å². The lowest BCUT2D eigenvalue weighted by atomic mass is 10.2. The number of pyridine rings is 1. The molecule has 0 aromatic carbocycles. The molecular weight excluding hydrogens is 234 g/mol. The Labute approximate surface area is 107 Å². The van der Waals surface area contributed by atoms with Crippen LogP contribution in [-0.4, -0.2) is 29.3 Å². The van der Waals surface area contributed by atoms with E-state index < -0.39 is 6.29 Å². The number of aromatic nitrogens is 1. The SMILES string of the molecule is CC(O)Oc1cncc(COC2CCCCO2)c1. The van der Waals surface area contributed by atoms with Crippen molar-refractivity contribution in [1.29, 1.82) is 0 Å². The molecule has 1 aromatic heterocycles. The molecule has 0 aliphatic carbocycles. The average molecular weight is 253 g/mol. The summed E-state index contributed by atoms with van der Waals surface area (Å²) in [5.74, 6) is 0.538. The first-order chi connectivity index (χ1) is 8.74. The Kier molecular flexibility index (Phi) is 4.92. The lowest BCUT2D eigenvalue weighted by molar-refractivity contribution is -0.169. The van der Waals surface area contributed by atoms with Gasteiger partial charge in [0.05, 0.1) is 12.8 Å². The van der Waals surface area contributed by atoms with E-state index in [-0.39, 0.29) is 6.29 Å². The number of aliphatic hydroxyl groups excluding tert-OH is 1.